The number of carbonyl (C=O) groups excluding carboxylic acids is 1. The van der Waals surface area contributed by atoms with E-state index in [1.165, 1.54) is 0 Å². The average Bonchev–Trinajstić information content (AvgIpc) is 2.96. The standard InChI is InChI=1S/C16H24N4O2/c1-3-7-19(8-4-2)15(21)12-22-14-6-5-9-20-11-13(10-17)18-16(14)20/h5-6,9,11H,3-4,7-8,10,12,17H2,1-2H3. The van der Waals surface area contributed by atoms with E-state index in [4.69, 9.17) is 10.5 Å². The molecule has 6 heteroatoms. The molecular formula is C16H24N4O2. The predicted octanol–water partition coefficient (Wildman–Crippen LogP) is 1.82. The van der Waals surface area contributed by atoms with E-state index in [2.05, 4.69) is 18.8 Å². The van der Waals surface area contributed by atoms with Gasteiger partial charge in [-0.3, -0.25) is 4.79 Å². The van der Waals surface area contributed by atoms with Crippen LogP contribution in [-0.2, 0) is 11.3 Å². The zero-order chi connectivity index (χ0) is 15.9. The van der Waals surface area contributed by atoms with Crippen LogP contribution < -0.4 is 10.5 Å². The van der Waals surface area contributed by atoms with Crippen molar-refractivity contribution in [3.05, 3.63) is 30.2 Å². The van der Waals surface area contributed by atoms with Crippen LogP contribution in [0.4, 0.5) is 0 Å². The quantitative estimate of drug-likeness (QED) is 0.807. The molecule has 2 N–H and O–H groups in total. The number of nitrogens with two attached hydrogens (primary N) is 1. The van der Waals surface area contributed by atoms with Gasteiger partial charge < -0.3 is 19.8 Å². The first-order chi connectivity index (χ1) is 10.7. The third-order valence-electron chi connectivity index (χ3n) is 3.40. The molecule has 120 valence electrons. The highest BCUT2D eigenvalue weighted by Gasteiger charge is 2.14. The zero-order valence-corrected chi connectivity index (χ0v) is 13.3. The van der Waals surface area contributed by atoms with E-state index in [0.29, 0.717) is 17.9 Å². The molecule has 0 aliphatic rings. The number of ether oxygens (including phenoxy) is 1. The van der Waals surface area contributed by atoms with Crippen molar-refractivity contribution in [1.29, 1.82) is 0 Å². The van der Waals surface area contributed by atoms with Crippen molar-refractivity contribution in [3.63, 3.8) is 0 Å². The Labute approximate surface area is 130 Å². The number of nitrogens with zero attached hydrogens (tertiary/aromatic N) is 3. The van der Waals surface area contributed by atoms with E-state index < -0.39 is 0 Å². The van der Waals surface area contributed by atoms with Crippen LogP contribution in [0.5, 0.6) is 5.75 Å². The zero-order valence-electron chi connectivity index (χ0n) is 13.3. The second kappa shape index (κ2) is 7.79. The summed E-state index contributed by atoms with van der Waals surface area (Å²) in [5.41, 5.74) is 7.10. The number of aromatic nitrogens is 2. The van der Waals surface area contributed by atoms with E-state index in [1.807, 2.05) is 33.8 Å². The number of rotatable bonds is 8. The Morgan fingerprint density at radius 1 is 1.36 bits per heavy atom. The minimum absolute atomic E-state index is 0.0105. The van der Waals surface area contributed by atoms with Gasteiger partial charge in [-0.15, -0.1) is 0 Å². The van der Waals surface area contributed by atoms with Gasteiger partial charge in [-0.2, -0.15) is 0 Å². The second-order valence-electron chi connectivity index (χ2n) is 5.21. The van der Waals surface area contributed by atoms with E-state index in [1.54, 1.807) is 0 Å². The molecule has 1 amide bonds. The summed E-state index contributed by atoms with van der Waals surface area (Å²) in [7, 11) is 0. The molecule has 0 aliphatic carbocycles. The number of hydrogen-bond acceptors (Lipinski definition) is 4. The highest BCUT2D eigenvalue weighted by Crippen LogP contribution is 2.19. The van der Waals surface area contributed by atoms with Gasteiger partial charge in [-0.05, 0) is 25.0 Å². The van der Waals surface area contributed by atoms with Crippen molar-refractivity contribution in [1.82, 2.24) is 14.3 Å². The lowest BCUT2D eigenvalue weighted by Crippen LogP contribution is -2.36. The third kappa shape index (κ3) is 3.76. The molecule has 2 aromatic rings. The number of hydrogen-bond donors (Lipinski definition) is 1. The summed E-state index contributed by atoms with van der Waals surface area (Å²) in [6.45, 7) is 6.07. The molecular weight excluding hydrogens is 280 g/mol. The molecule has 22 heavy (non-hydrogen) atoms. The molecule has 0 aromatic carbocycles. The summed E-state index contributed by atoms with van der Waals surface area (Å²) in [5.74, 6) is 0.611. The van der Waals surface area contributed by atoms with Gasteiger partial charge in [0.1, 0.15) is 0 Å². The molecule has 2 aromatic heterocycles. The van der Waals surface area contributed by atoms with Crippen LogP contribution in [0.3, 0.4) is 0 Å². The lowest BCUT2D eigenvalue weighted by atomic mass is 10.3. The first-order valence-electron chi connectivity index (χ1n) is 7.76. The van der Waals surface area contributed by atoms with Crippen molar-refractivity contribution < 1.29 is 9.53 Å². The van der Waals surface area contributed by atoms with Crippen LogP contribution in [0.25, 0.3) is 5.65 Å². The van der Waals surface area contributed by atoms with Gasteiger partial charge in [-0.1, -0.05) is 13.8 Å². The number of carbonyl (C=O) groups is 1. The summed E-state index contributed by atoms with van der Waals surface area (Å²) in [5, 5.41) is 0. The van der Waals surface area contributed by atoms with E-state index in [0.717, 1.165) is 31.6 Å². The molecule has 2 heterocycles. The highest BCUT2D eigenvalue weighted by atomic mass is 16.5. The molecule has 0 spiro atoms. The summed E-state index contributed by atoms with van der Waals surface area (Å²) in [4.78, 5) is 18.5. The Morgan fingerprint density at radius 3 is 2.73 bits per heavy atom. The minimum Gasteiger partial charge on any atom is -0.480 e. The average molecular weight is 304 g/mol. The van der Waals surface area contributed by atoms with Crippen molar-refractivity contribution in [3.8, 4) is 5.75 Å². The number of fused-ring (bicyclic) bond motifs is 1. The van der Waals surface area contributed by atoms with Crippen LogP contribution in [0.1, 0.15) is 32.4 Å². The smallest absolute Gasteiger partial charge is 0.260 e. The molecule has 0 atom stereocenters. The van der Waals surface area contributed by atoms with Gasteiger partial charge in [0.05, 0.1) is 5.69 Å². The molecule has 0 bridgehead atoms. The second-order valence-corrected chi connectivity index (χ2v) is 5.21. The van der Waals surface area contributed by atoms with Gasteiger partial charge >= 0.3 is 0 Å². The lowest BCUT2D eigenvalue weighted by molar-refractivity contribution is -0.133. The number of imidazole rings is 1. The van der Waals surface area contributed by atoms with Gasteiger partial charge in [0.15, 0.2) is 18.0 Å². The van der Waals surface area contributed by atoms with E-state index in [-0.39, 0.29) is 12.5 Å². The topological polar surface area (TPSA) is 72.9 Å². The Balaban J connectivity index is 2.07. The number of pyridine rings is 1. The summed E-state index contributed by atoms with van der Waals surface area (Å²) in [6.07, 6.45) is 5.64. The number of amides is 1. The first kappa shape index (κ1) is 16.3. The van der Waals surface area contributed by atoms with Crippen molar-refractivity contribution in [2.45, 2.75) is 33.2 Å². The monoisotopic (exact) mass is 304 g/mol. The lowest BCUT2D eigenvalue weighted by Gasteiger charge is -2.21. The first-order valence-corrected chi connectivity index (χ1v) is 7.76. The van der Waals surface area contributed by atoms with Crippen LogP contribution in [0, 0.1) is 0 Å². The van der Waals surface area contributed by atoms with Gasteiger partial charge in [0.25, 0.3) is 5.91 Å². The van der Waals surface area contributed by atoms with Crippen molar-refractivity contribution in [2.24, 2.45) is 5.73 Å². The Bertz CT molecular complexity index is 618. The SMILES string of the molecule is CCCN(CCC)C(=O)COc1cccn2cc(CN)nc12. The van der Waals surface area contributed by atoms with Crippen LogP contribution >= 0.6 is 0 Å². The largest absolute Gasteiger partial charge is 0.480 e. The molecule has 0 aliphatic heterocycles. The Morgan fingerprint density at radius 2 is 2.09 bits per heavy atom. The van der Waals surface area contributed by atoms with Gasteiger partial charge in [-0.25, -0.2) is 4.98 Å². The maximum Gasteiger partial charge on any atom is 0.260 e. The molecule has 2 rings (SSSR count). The molecule has 0 saturated carbocycles. The molecule has 0 fully saturated rings. The molecule has 6 nitrogen and oxygen atoms in total. The molecule has 0 unspecified atom stereocenters. The molecule has 0 saturated heterocycles. The van der Waals surface area contributed by atoms with E-state index >= 15 is 0 Å². The van der Waals surface area contributed by atoms with E-state index in [9.17, 15) is 4.79 Å². The van der Waals surface area contributed by atoms with Gasteiger partial charge in [0.2, 0.25) is 0 Å². The summed E-state index contributed by atoms with van der Waals surface area (Å²) < 4.78 is 7.56. The normalized spacial score (nSPS) is 10.9. The maximum atomic E-state index is 12.2. The van der Waals surface area contributed by atoms with Crippen LogP contribution in [0.15, 0.2) is 24.5 Å². The van der Waals surface area contributed by atoms with Crippen LogP contribution in [0.2, 0.25) is 0 Å². The van der Waals surface area contributed by atoms with Crippen LogP contribution in [-0.4, -0.2) is 39.9 Å². The fourth-order valence-corrected chi connectivity index (χ4v) is 2.38. The maximum absolute atomic E-state index is 12.2. The predicted molar refractivity (Wildman–Crippen MR) is 85.7 cm³/mol. The Hall–Kier alpha value is -2.08. The highest BCUT2D eigenvalue weighted by molar-refractivity contribution is 5.78. The minimum atomic E-state index is 0.0105. The summed E-state index contributed by atoms with van der Waals surface area (Å²) >= 11 is 0. The van der Waals surface area contributed by atoms with Gasteiger partial charge in [0, 0.05) is 32.0 Å². The van der Waals surface area contributed by atoms with Crippen molar-refractivity contribution >= 4 is 11.6 Å². The summed E-state index contributed by atoms with van der Waals surface area (Å²) in [6, 6.07) is 3.69. The molecule has 0 radical (unpaired) electrons. The van der Waals surface area contributed by atoms with Crippen molar-refractivity contribution in [2.75, 3.05) is 19.7 Å². The third-order valence-corrected chi connectivity index (χ3v) is 3.40. The fraction of sp³-hybridized carbons (Fsp3) is 0.500. The Kier molecular flexibility index (Phi) is 5.77. The fourth-order valence-electron chi connectivity index (χ4n) is 2.38.